The van der Waals surface area contributed by atoms with Crippen LogP contribution in [0.3, 0.4) is 0 Å². The summed E-state index contributed by atoms with van der Waals surface area (Å²) in [4.78, 5) is 11.6. The van der Waals surface area contributed by atoms with Gasteiger partial charge in [-0.15, -0.1) is 0 Å². The quantitative estimate of drug-likeness (QED) is 0.376. The first kappa shape index (κ1) is 22.6. The van der Waals surface area contributed by atoms with Gasteiger partial charge in [-0.1, -0.05) is 51.5 Å². The summed E-state index contributed by atoms with van der Waals surface area (Å²) in [5.41, 5.74) is 0.378. The van der Waals surface area contributed by atoms with Crippen molar-refractivity contribution < 1.29 is 48.7 Å². The topological polar surface area (TPSA) is 83.5 Å². The van der Waals surface area contributed by atoms with Gasteiger partial charge in [-0.2, -0.15) is 8.42 Å². The summed E-state index contributed by atoms with van der Waals surface area (Å²) >= 11 is 0. The molecule has 0 heterocycles. The van der Waals surface area contributed by atoms with Crippen molar-refractivity contribution in [3.8, 4) is 0 Å². The van der Waals surface area contributed by atoms with E-state index in [0.717, 1.165) is 19.3 Å². The number of amides is 1. The number of hydrogen-bond donors (Lipinski definition) is 2. The van der Waals surface area contributed by atoms with Crippen LogP contribution in [0.2, 0.25) is 0 Å². The summed E-state index contributed by atoms with van der Waals surface area (Å²) in [5, 5.41) is 2.65. The van der Waals surface area contributed by atoms with E-state index >= 15 is 0 Å². The van der Waals surface area contributed by atoms with E-state index in [0.29, 0.717) is 12.1 Å². The summed E-state index contributed by atoms with van der Waals surface area (Å²) in [5.74, 6) is -0.138. The van der Waals surface area contributed by atoms with Crippen molar-refractivity contribution in [2.24, 2.45) is 0 Å². The average Bonchev–Trinajstić information content (AvgIpc) is 2.46. The van der Waals surface area contributed by atoms with E-state index in [9.17, 15) is 13.2 Å². The normalized spacial score (nSPS) is 10.9. The van der Waals surface area contributed by atoms with Crippen LogP contribution >= 0.6 is 0 Å². The zero-order valence-corrected chi connectivity index (χ0v) is 16.9. The van der Waals surface area contributed by atoms with Crippen LogP contribution in [0.5, 0.6) is 0 Å². The third kappa shape index (κ3) is 10.1. The van der Waals surface area contributed by atoms with Crippen LogP contribution < -0.4 is 34.9 Å². The van der Waals surface area contributed by atoms with Gasteiger partial charge in [0.15, 0.2) is 0 Å². The summed E-state index contributed by atoms with van der Waals surface area (Å²) in [6, 6.07) is 5.60. The fourth-order valence-electron chi connectivity index (χ4n) is 2.20. The van der Waals surface area contributed by atoms with E-state index in [1.165, 1.54) is 43.9 Å². The molecule has 0 aromatic heterocycles. The molecule has 0 aliphatic carbocycles. The molecule has 2 N–H and O–H groups in total. The van der Waals surface area contributed by atoms with Crippen molar-refractivity contribution in [3.63, 3.8) is 0 Å². The Hall–Kier alpha value is -0.400. The van der Waals surface area contributed by atoms with Crippen LogP contribution in [0.1, 0.15) is 59.7 Å². The molecule has 1 aromatic carbocycles. The molecule has 0 saturated carbocycles. The number of carbonyl (C=O) groups excluding carboxylic acids is 1. The molecule has 1 aromatic rings. The molecule has 0 atom stereocenters. The molecule has 23 heavy (non-hydrogen) atoms. The molecular weight excluding hydrogens is 325 g/mol. The fraction of sp³-hybridized carbons (Fsp3) is 0.562. The standard InChI is InChI=1S/C16H25NO4S.Na.H/c1-2-3-4-5-6-7-8-12-16(18)17-14-10-9-11-15(13-14)22(19,20)21;;/h9-11,13H,2-8,12H2,1H3,(H,17,18)(H,19,20,21);;/q;+1;-1. The van der Waals surface area contributed by atoms with E-state index in [-0.39, 0.29) is 41.8 Å². The van der Waals surface area contributed by atoms with Gasteiger partial charge in [-0.05, 0) is 24.6 Å². The van der Waals surface area contributed by atoms with Crippen LogP contribution in [-0.4, -0.2) is 18.9 Å². The van der Waals surface area contributed by atoms with Gasteiger partial charge in [0.1, 0.15) is 0 Å². The Morgan fingerprint density at radius 3 is 2.35 bits per heavy atom. The molecule has 0 bridgehead atoms. The van der Waals surface area contributed by atoms with Gasteiger partial charge in [0, 0.05) is 12.1 Å². The number of rotatable bonds is 10. The Morgan fingerprint density at radius 1 is 1.13 bits per heavy atom. The molecule has 0 unspecified atom stereocenters. The van der Waals surface area contributed by atoms with Crippen molar-refractivity contribution in [2.45, 2.75) is 63.2 Å². The van der Waals surface area contributed by atoms with E-state index < -0.39 is 10.1 Å². The van der Waals surface area contributed by atoms with Crippen molar-refractivity contribution in [1.82, 2.24) is 0 Å². The van der Waals surface area contributed by atoms with Gasteiger partial charge in [0.2, 0.25) is 5.91 Å². The maximum atomic E-state index is 11.8. The summed E-state index contributed by atoms with van der Waals surface area (Å²) in [7, 11) is -4.24. The average molecular weight is 351 g/mol. The summed E-state index contributed by atoms with van der Waals surface area (Å²) in [6.45, 7) is 2.18. The second kappa shape index (κ2) is 12.0. The van der Waals surface area contributed by atoms with Gasteiger partial charge in [-0.25, -0.2) is 0 Å². The molecule has 5 nitrogen and oxygen atoms in total. The third-order valence-electron chi connectivity index (χ3n) is 3.42. The molecule has 0 saturated heterocycles. The van der Waals surface area contributed by atoms with Crippen LogP contribution in [0.25, 0.3) is 0 Å². The molecule has 1 rings (SSSR count). The van der Waals surface area contributed by atoms with E-state index in [2.05, 4.69) is 12.2 Å². The molecule has 7 heteroatoms. The minimum Gasteiger partial charge on any atom is -1.00 e. The zero-order valence-electron chi connectivity index (χ0n) is 15.0. The predicted molar refractivity (Wildman–Crippen MR) is 88.6 cm³/mol. The number of hydrogen-bond acceptors (Lipinski definition) is 3. The fourth-order valence-corrected chi connectivity index (χ4v) is 2.73. The minimum atomic E-state index is -4.24. The Labute approximate surface area is 162 Å². The second-order valence-corrected chi connectivity index (χ2v) is 6.84. The first-order valence-corrected chi connectivity index (χ1v) is 9.25. The number of unbranched alkanes of at least 4 members (excludes halogenated alkanes) is 6. The SMILES string of the molecule is CCCCCCCCCC(=O)Nc1cccc(S(=O)(=O)O)c1.[H-].[Na+]. The van der Waals surface area contributed by atoms with E-state index in [1.54, 1.807) is 6.07 Å². The Kier molecular flexibility index (Phi) is 11.8. The third-order valence-corrected chi connectivity index (χ3v) is 4.27. The van der Waals surface area contributed by atoms with Crippen LogP contribution in [-0.2, 0) is 14.9 Å². The maximum Gasteiger partial charge on any atom is 1.00 e. The number of carbonyl (C=O) groups is 1. The minimum absolute atomic E-state index is 0. The van der Waals surface area contributed by atoms with Gasteiger partial charge in [-0.3, -0.25) is 9.35 Å². The van der Waals surface area contributed by atoms with Crippen molar-refractivity contribution in [3.05, 3.63) is 24.3 Å². The maximum absolute atomic E-state index is 11.8. The summed E-state index contributed by atoms with van der Waals surface area (Å²) < 4.78 is 31.0. The molecule has 0 aliphatic heterocycles. The predicted octanol–water partition coefficient (Wildman–Crippen LogP) is 1.13. The van der Waals surface area contributed by atoms with Crippen molar-refractivity contribution in [1.29, 1.82) is 0 Å². The monoisotopic (exact) mass is 351 g/mol. The van der Waals surface area contributed by atoms with Crippen LogP contribution in [0.4, 0.5) is 5.69 Å². The number of nitrogens with one attached hydrogen (secondary N) is 1. The first-order chi connectivity index (χ1) is 10.4. The number of benzene rings is 1. The Morgan fingerprint density at radius 2 is 1.74 bits per heavy atom. The Bertz CT molecular complexity index is 581. The second-order valence-electron chi connectivity index (χ2n) is 5.42. The van der Waals surface area contributed by atoms with Crippen LogP contribution in [0.15, 0.2) is 29.2 Å². The van der Waals surface area contributed by atoms with Gasteiger partial charge >= 0.3 is 29.6 Å². The van der Waals surface area contributed by atoms with Crippen molar-refractivity contribution in [2.75, 3.05) is 5.32 Å². The van der Waals surface area contributed by atoms with Crippen molar-refractivity contribution >= 4 is 21.7 Å². The van der Waals surface area contributed by atoms with Crippen LogP contribution in [0, 0.1) is 0 Å². The molecule has 1 amide bonds. The molecular formula is C16H26NNaO4S. The summed E-state index contributed by atoms with van der Waals surface area (Å²) in [6.07, 6.45) is 8.39. The molecule has 0 fully saturated rings. The van der Waals surface area contributed by atoms with E-state index in [4.69, 9.17) is 4.55 Å². The first-order valence-electron chi connectivity index (χ1n) is 7.81. The van der Waals surface area contributed by atoms with E-state index in [1.807, 2.05) is 0 Å². The van der Waals surface area contributed by atoms with Gasteiger partial charge in [0.25, 0.3) is 10.1 Å². The zero-order chi connectivity index (χ0) is 16.4. The van der Waals surface area contributed by atoms with Gasteiger partial charge < -0.3 is 6.74 Å². The Balaban J connectivity index is 0. The largest absolute Gasteiger partial charge is 1.00 e. The molecule has 0 radical (unpaired) electrons. The van der Waals surface area contributed by atoms with Gasteiger partial charge in [0.05, 0.1) is 4.90 Å². The number of anilines is 1. The molecule has 126 valence electrons. The molecule has 0 spiro atoms. The smallest absolute Gasteiger partial charge is 1.00 e. The molecule has 0 aliphatic rings.